The van der Waals surface area contributed by atoms with E-state index in [0.29, 0.717) is 0 Å². The molecule has 1 N–H and O–H groups in total. The third-order valence-electron chi connectivity index (χ3n) is 4.39. The van der Waals surface area contributed by atoms with E-state index in [1.807, 2.05) is 0 Å². The molecular weight excluding hydrogens is 206 g/mol. The average molecular weight is 229 g/mol. The fourth-order valence-corrected chi connectivity index (χ4v) is 3.36. The van der Waals surface area contributed by atoms with E-state index < -0.39 is 0 Å². The van der Waals surface area contributed by atoms with Gasteiger partial charge in [-0.25, -0.2) is 0 Å². The van der Waals surface area contributed by atoms with Gasteiger partial charge in [0.15, 0.2) is 0 Å². The Morgan fingerprint density at radius 1 is 0.941 bits per heavy atom. The Labute approximate surface area is 105 Å². The molecule has 1 aliphatic heterocycles. The summed E-state index contributed by atoms with van der Waals surface area (Å²) >= 11 is 0. The van der Waals surface area contributed by atoms with Crippen molar-refractivity contribution < 1.29 is 0 Å². The van der Waals surface area contributed by atoms with Crippen LogP contribution in [-0.2, 0) is 6.42 Å². The maximum absolute atomic E-state index is 3.51. The Morgan fingerprint density at radius 2 is 1.76 bits per heavy atom. The molecule has 0 aromatic heterocycles. The van der Waals surface area contributed by atoms with Crippen LogP contribution in [0.1, 0.15) is 62.0 Å². The van der Waals surface area contributed by atoms with Crippen LogP contribution in [0.15, 0.2) is 18.2 Å². The molecule has 17 heavy (non-hydrogen) atoms. The summed E-state index contributed by atoms with van der Waals surface area (Å²) in [5.41, 5.74) is 4.54. The lowest BCUT2D eigenvalue weighted by Gasteiger charge is -2.21. The summed E-state index contributed by atoms with van der Waals surface area (Å²) in [6.07, 6.45) is 11.1. The molecule has 0 spiro atoms. The van der Waals surface area contributed by atoms with Gasteiger partial charge in [-0.1, -0.05) is 37.8 Å². The number of fused-ring (bicyclic) bond motifs is 1. The van der Waals surface area contributed by atoms with E-state index >= 15 is 0 Å². The molecule has 1 aliphatic carbocycles. The lowest BCUT2D eigenvalue weighted by atomic mass is 9.89. The first-order valence-corrected chi connectivity index (χ1v) is 7.30. The molecular formula is C16H23N. The largest absolute Gasteiger partial charge is 0.385 e. The maximum Gasteiger partial charge on any atom is 0.0372 e. The Bertz CT molecular complexity index is 375. The highest BCUT2D eigenvalue weighted by atomic mass is 14.9. The maximum atomic E-state index is 3.51. The number of hydrogen-bond acceptors (Lipinski definition) is 1. The summed E-state index contributed by atoms with van der Waals surface area (Å²) in [6, 6.07) is 7.17. The molecule has 0 unspecified atom stereocenters. The van der Waals surface area contributed by atoms with Crippen LogP contribution in [0.5, 0.6) is 0 Å². The van der Waals surface area contributed by atoms with Crippen LogP contribution in [0, 0.1) is 0 Å². The highest BCUT2D eigenvalue weighted by molar-refractivity contribution is 5.54. The fourth-order valence-electron chi connectivity index (χ4n) is 3.36. The predicted molar refractivity (Wildman–Crippen MR) is 73.7 cm³/mol. The Morgan fingerprint density at radius 3 is 2.59 bits per heavy atom. The van der Waals surface area contributed by atoms with Crippen LogP contribution < -0.4 is 5.32 Å². The van der Waals surface area contributed by atoms with Crippen LogP contribution in [0.25, 0.3) is 0 Å². The molecule has 1 heterocycles. The highest BCUT2D eigenvalue weighted by Gasteiger charge is 2.16. The van der Waals surface area contributed by atoms with E-state index in [9.17, 15) is 0 Å². The molecule has 1 saturated carbocycles. The van der Waals surface area contributed by atoms with E-state index in [0.717, 1.165) is 12.5 Å². The summed E-state index contributed by atoms with van der Waals surface area (Å²) in [4.78, 5) is 0. The molecule has 1 nitrogen and oxygen atoms in total. The Balaban J connectivity index is 1.82. The van der Waals surface area contributed by atoms with Crippen molar-refractivity contribution in [3.63, 3.8) is 0 Å². The topological polar surface area (TPSA) is 12.0 Å². The zero-order chi connectivity index (χ0) is 11.5. The van der Waals surface area contributed by atoms with E-state index in [-0.39, 0.29) is 0 Å². The third kappa shape index (κ3) is 2.48. The summed E-state index contributed by atoms with van der Waals surface area (Å²) in [6.45, 7) is 1.15. The molecule has 92 valence electrons. The normalized spacial score (nSPS) is 21.4. The first kappa shape index (κ1) is 11.1. The van der Waals surface area contributed by atoms with Crippen molar-refractivity contribution in [3.05, 3.63) is 29.3 Å². The van der Waals surface area contributed by atoms with E-state index in [1.54, 1.807) is 11.1 Å². The third-order valence-corrected chi connectivity index (χ3v) is 4.39. The van der Waals surface area contributed by atoms with Crippen LogP contribution in [0.4, 0.5) is 5.69 Å². The number of rotatable bonds is 1. The molecule has 2 aliphatic rings. The average Bonchev–Trinajstić information content (AvgIpc) is 2.67. The predicted octanol–water partition coefficient (Wildman–Crippen LogP) is 4.48. The molecule has 0 bridgehead atoms. The number of nitrogens with one attached hydrogen (secondary N) is 1. The molecule has 1 heteroatoms. The molecule has 0 saturated heterocycles. The van der Waals surface area contributed by atoms with Gasteiger partial charge < -0.3 is 5.32 Å². The first-order chi connectivity index (χ1) is 8.43. The molecule has 0 atom stereocenters. The minimum absolute atomic E-state index is 0.838. The minimum Gasteiger partial charge on any atom is -0.385 e. The minimum atomic E-state index is 0.838. The Kier molecular flexibility index (Phi) is 3.35. The van der Waals surface area contributed by atoms with Crippen molar-refractivity contribution in [2.75, 3.05) is 11.9 Å². The zero-order valence-corrected chi connectivity index (χ0v) is 10.7. The van der Waals surface area contributed by atoms with Gasteiger partial charge in [0, 0.05) is 12.2 Å². The molecule has 1 fully saturated rings. The van der Waals surface area contributed by atoms with Gasteiger partial charge in [0.2, 0.25) is 0 Å². The quantitative estimate of drug-likeness (QED) is 0.700. The van der Waals surface area contributed by atoms with E-state index in [2.05, 4.69) is 23.5 Å². The van der Waals surface area contributed by atoms with Gasteiger partial charge in [-0.05, 0) is 48.8 Å². The lowest BCUT2D eigenvalue weighted by molar-refractivity contribution is 0.591. The smallest absolute Gasteiger partial charge is 0.0372 e. The van der Waals surface area contributed by atoms with Crippen molar-refractivity contribution >= 4 is 5.69 Å². The molecule has 0 radical (unpaired) electrons. The van der Waals surface area contributed by atoms with Crippen LogP contribution in [0.2, 0.25) is 0 Å². The molecule has 1 aromatic rings. The van der Waals surface area contributed by atoms with Crippen LogP contribution >= 0.6 is 0 Å². The second-order valence-corrected chi connectivity index (χ2v) is 5.64. The van der Waals surface area contributed by atoms with E-state index in [4.69, 9.17) is 0 Å². The highest BCUT2D eigenvalue weighted by Crippen LogP contribution is 2.34. The number of aryl methyl sites for hydroxylation is 1. The standard InChI is InChI=1S/C16H23N/c1-2-4-7-13(6-3-1)14-9-10-16-15(12-14)8-5-11-17-16/h9-10,12-13,17H,1-8,11H2. The van der Waals surface area contributed by atoms with Gasteiger partial charge in [-0.3, -0.25) is 0 Å². The van der Waals surface area contributed by atoms with Crippen molar-refractivity contribution in [3.8, 4) is 0 Å². The number of anilines is 1. The van der Waals surface area contributed by atoms with Gasteiger partial charge in [-0.15, -0.1) is 0 Å². The van der Waals surface area contributed by atoms with Crippen LogP contribution in [0.3, 0.4) is 0 Å². The number of benzene rings is 1. The fraction of sp³-hybridized carbons (Fsp3) is 0.625. The summed E-state index contributed by atoms with van der Waals surface area (Å²) < 4.78 is 0. The van der Waals surface area contributed by atoms with Crippen molar-refractivity contribution in [2.24, 2.45) is 0 Å². The summed E-state index contributed by atoms with van der Waals surface area (Å²) in [5, 5.41) is 3.51. The van der Waals surface area contributed by atoms with E-state index in [1.165, 1.54) is 57.1 Å². The molecule has 0 amide bonds. The van der Waals surface area contributed by atoms with Gasteiger partial charge in [0.25, 0.3) is 0 Å². The van der Waals surface area contributed by atoms with Gasteiger partial charge in [0.1, 0.15) is 0 Å². The van der Waals surface area contributed by atoms with Crippen LogP contribution in [-0.4, -0.2) is 6.54 Å². The zero-order valence-electron chi connectivity index (χ0n) is 10.7. The molecule has 3 rings (SSSR count). The lowest BCUT2D eigenvalue weighted by Crippen LogP contribution is -2.12. The van der Waals surface area contributed by atoms with Crippen molar-refractivity contribution in [1.29, 1.82) is 0 Å². The second kappa shape index (κ2) is 5.12. The van der Waals surface area contributed by atoms with Crippen molar-refractivity contribution in [1.82, 2.24) is 0 Å². The first-order valence-electron chi connectivity index (χ1n) is 7.30. The Hall–Kier alpha value is -0.980. The van der Waals surface area contributed by atoms with Gasteiger partial charge >= 0.3 is 0 Å². The summed E-state index contributed by atoms with van der Waals surface area (Å²) in [5.74, 6) is 0.838. The molecule has 1 aromatic carbocycles. The van der Waals surface area contributed by atoms with Crippen molar-refractivity contribution in [2.45, 2.75) is 57.3 Å². The number of hydrogen-bond donors (Lipinski definition) is 1. The SMILES string of the molecule is c1cc2c(cc1C1CCCCCC1)CCCN2. The van der Waals surface area contributed by atoms with Gasteiger partial charge in [0.05, 0.1) is 0 Å². The van der Waals surface area contributed by atoms with Gasteiger partial charge in [-0.2, -0.15) is 0 Å². The monoisotopic (exact) mass is 229 g/mol. The summed E-state index contributed by atoms with van der Waals surface area (Å²) in [7, 11) is 0. The second-order valence-electron chi connectivity index (χ2n) is 5.64.